The topological polar surface area (TPSA) is 29.1 Å². The van der Waals surface area contributed by atoms with Crippen molar-refractivity contribution >= 4 is 44.8 Å². The molecule has 0 saturated carbocycles. The lowest BCUT2D eigenvalue weighted by atomic mass is 9.90. The van der Waals surface area contributed by atoms with E-state index in [2.05, 4.69) is 35.1 Å². The van der Waals surface area contributed by atoms with Gasteiger partial charge in [0.05, 0.1) is 5.02 Å². The smallest absolute Gasteiger partial charge is 0.262 e. The molecular formula is C11H15BrClNOS. The van der Waals surface area contributed by atoms with Crippen LogP contribution in [0.3, 0.4) is 0 Å². The van der Waals surface area contributed by atoms with Crippen LogP contribution in [0.4, 0.5) is 0 Å². The van der Waals surface area contributed by atoms with Gasteiger partial charge in [-0.05, 0) is 23.3 Å². The quantitative estimate of drug-likeness (QED) is 0.817. The van der Waals surface area contributed by atoms with E-state index in [9.17, 15) is 4.79 Å². The summed E-state index contributed by atoms with van der Waals surface area (Å²) in [5, 5.41) is 6.21. The van der Waals surface area contributed by atoms with E-state index in [1.807, 2.05) is 5.38 Å². The van der Waals surface area contributed by atoms with E-state index in [-0.39, 0.29) is 11.3 Å². The number of halogens is 2. The number of nitrogens with one attached hydrogen (secondary N) is 1. The van der Waals surface area contributed by atoms with Gasteiger partial charge in [0.2, 0.25) is 0 Å². The van der Waals surface area contributed by atoms with Gasteiger partial charge in [0, 0.05) is 11.9 Å². The number of carbonyl (C=O) groups is 1. The third-order valence-electron chi connectivity index (χ3n) is 2.32. The standard InChI is InChI=1S/C11H15BrClNOS/c1-11(2,4-5-12)7-14-10(15)9-8(13)3-6-16-9/h3,6H,4-5,7H2,1-2H3,(H,14,15). The highest BCUT2D eigenvalue weighted by Crippen LogP contribution is 2.23. The Labute approximate surface area is 114 Å². The Bertz CT molecular complexity index is 365. The fourth-order valence-electron chi connectivity index (χ4n) is 1.20. The van der Waals surface area contributed by atoms with Crippen molar-refractivity contribution in [2.45, 2.75) is 20.3 Å². The minimum atomic E-state index is -0.0809. The van der Waals surface area contributed by atoms with Gasteiger partial charge in [-0.3, -0.25) is 4.79 Å². The molecule has 0 fully saturated rings. The minimum Gasteiger partial charge on any atom is -0.351 e. The molecule has 0 aromatic carbocycles. The summed E-state index contributed by atoms with van der Waals surface area (Å²) in [5.74, 6) is -0.0809. The fourth-order valence-corrected chi connectivity index (χ4v) is 3.33. The first kappa shape index (κ1) is 14.0. The molecule has 16 heavy (non-hydrogen) atoms. The van der Waals surface area contributed by atoms with E-state index in [1.165, 1.54) is 11.3 Å². The van der Waals surface area contributed by atoms with E-state index < -0.39 is 0 Å². The number of amides is 1. The zero-order valence-electron chi connectivity index (χ0n) is 9.35. The number of thiophene rings is 1. The molecule has 0 atom stereocenters. The second-order valence-electron chi connectivity index (χ2n) is 4.38. The van der Waals surface area contributed by atoms with Crippen molar-refractivity contribution in [3.8, 4) is 0 Å². The predicted molar refractivity (Wildman–Crippen MR) is 73.9 cm³/mol. The van der Waals surface area contributed by atoms with Gasteiger partial charge in [-0.15, -0.1) is 11.3 Å². The monoisotopic (exact) mass is 323 g/mol. The van der Waals surface area contributed by atoms with E-state index in [4.69, 9.17) is 11.6 Å². The third-order valence-corrected chi connectivity index (χ3v) is 4.06. The van der Waals surface area contributed by atoms with Crippen molar-refractivity contribution in [3.63, 3.8) is 0 Å². The van der Waals surface area contributed by atoms with Crippen molar-refractivity contribution in [1.29, 1.82) is 0 Å². The van der Waals surface area contributed by atoms with Gasteiger partial charge in [0.25, 0.3) is 5.91 Å². The Balaban J connectivity index is 2.51. The summed E-state index contributed by atoms with van der Waals surface area (Å²) in [7, 11) is 0. The molecule has 1 heterocycles. The van der Waals surface area contributed by atoms with Crippen molar-refractivity contribution < 1.29 is 4.79 Å². The molecule has 1 amide bonds. The third kappa shape index (κ3) is 4.07. The molecule has 0 aliphatic carbocycles. The van der Waals surface area contributed by atoms with Crippen LogP contribution in [0.2, 0.25) is 5.02 Å². The first-order valence-corrected chi connectivity index (χ1v) is 7.41. The Morgan fingerprint density at radius 3 is 2.81 bits per heavy atom. The summed E-state index contributed by atoms with van der Waals surface area (Å²) in [4.78, 5) is 12.4. The van der Waals surface area contributed by atoms with Gasteiger partial charge in [0.1, 0.15) is 4.88 Å². The van der Waals surface area contributed by atoms with Gasteiger partial charge < -0.3 is 5.32 Å². The predicted octanol–water partition coefficient (Wildman–Crippen LogP) is 3.94. The molecule has 0 aliphatic rings. The van der Waals surface area contributed by atoms with Crippen molar-refractivity contribution in [1.82, 2.24) is 5.32 Å². The van der Waals surface area contributed by atoms with Crippen molar-refractivity contribution in [2.24, 2.45) is 5.41 Å². The Morgan fingerprint density at radius 1 is 1.62 bits per heavy atom. The molecule has 5 heteroatoms. The van der Waals surface area contributed by atoms with Gasteiger partial charge in [-0.2, -0.15) is 0 Å². The molecule has 0 saturated heterocycles. The molecule has 2 nitrogen and oxygen atoms in total. The zero-order chi connectivity index (χ0) is 12.2. The molecule has 0 radical (unpaired) electrons. The average Bonchev–Trinajstić information content (AvgIpc) is 2.61. The van der Waals surface area contributed by atoms with Crippen LogP contribution in [0.25, 0.3) is 0 Å². The minimum absolute atomic E-state index is 0.0809. The normalized spacial score (nSPS) is 11.5. The number of hydrogen-bond donors (Lipinski definition) is 1. The molecule has 1 N–H and O–H groups in total. The summed E-state index contributed by atoms with van der Waals surface area (Å²) in [6.07, 6.45) is 1.02. The first-order chi connectivity index (χ1) is 7.46. The highest BCUT2D eigenvalue weighted by atomic mass is 79.9. The van der Waals surface area contributed by atoms with E-state index in [0.717, 1.165) is 11.8 Å². The fraction of sp³-hybridized carbons (Fsp3) is 0.545. The lowest BCUT2D eigenvalue weighted by molar-refractivity contribution is 0.0940. The van der Waals surface area contributed by atoms with Gasteiger partial charge in [-0.25, -0.2) is 0 Å². The molecule has 1 rings (SSSR count). The van der Waals surface area contributed by atoms with Crippen LogP contribution in [0, 0.1) is 5.41 Å². The van der Waals surface area contributed by atoms with Crippen LogP contribution >= 0.6 is 38.9 Å². The summed E-state index contributed by atoms with van der Waals surface area (Å²) >= 11 is 10.7. The molecule has 0 bridgehead atoms. The Kier molecular flexibility index (Phi) is 5.28. The molecule has 0 spiro atoms. The molecule has 0 aliphatic heterocycles. The summed E-state index contributed by atoms with van der Waals surface area (Å²) in [6.45, 7) is 4.92. The van der Waals surface area contributed by atoms with Crippen LogP contribution in [-0.2, 0) is 0 Å². The van der Waals surface area contributed by atoms with Crippen LogP contribution in [0.15, 0.2) is 11.4 Å². The highest BCUT2D eigenvalue weighted by molar-refractivity contribution is 9.09. The Morgan fingerprint density at radius 2 is 2.31 bits per heavy atom. The lowest BCUT2D eigenvalue weighted by Gasteiger charge is -2.23. The van der Waals surface area contributed by atoms with E-state index >= 15 is 0 Å². The highest BCUT2D eigenvalue weighted by Gasteiger charge is 2.19. The number of alkyl halides is 1. The molecular weight excluding hydrogens is 310 g/mol. The Hall–Kier alpha value is -0.0600. The lowest BCUT2D eigenvalue weighted by Crippen LogP contribution is -2.34. The maximum absolute atomic E-state index is 11.8. The number of rotatable bonds is 5. The van der Waals surface area contributed by atoms with Gasteiger partial charge in [-0.1, -0.05) is 41.4 Å². The van der Waals surface area contributed by atoms with E-state index in [1.54, 1.807) is 6.07 Å². The molecule has 90 valence electrons. The molecule has 1 aromatic heterocycles. The van der Waals surface area contributed by atoms with Crippen molar-refractivity contribution in [2.75, 3.05) is 11.9 Å². The zero-order valence-corrected chi connectivity index (χ0v) is 12.5. The van der Waals surface area contributed by atoms with Crippen LogP contribution in [-0.4, -0.2) is 17.8 Å². The largest absolute Gasteiger partial charge is 0.351 e. The van der Waals surface area contributed by atoms with Gasteiger partial charge >= 0.3 is 0 Å². The summed E-state index contributed by atoms with van der Waals surface area (Å²) < 4.78 is 0. The first-order valence-electron chi connectivity index (χ1n) is 5.03. The van der Waals surface area contributed by atoms with Crippen molar-refractivity contribution in [3.05, 3.63) is 21.3 Å². The number of carbonyl (C=O) groups excluding carboxylic acids is 1. The van der Waals surface area contributed by atoms with Gasteiger partial charge in [0.15, 0.2) is 0 Å². The second kappa shape index (κ2) is 6.03. The SMILES string of the molecule is CC(C)(CCBr)CNC(=O)c1sccc1Cl. The van der Waals surface area contributed by atoms with Crippen LogP contribution < -0.4 is 5.32 Å². The average molecular weight is 325 g/mol. The van der Waals surface area contributed by atoms with E-state index in [0.29, 0.717) is 16.4 Å². The number of hydrogen-bond acceptors (Lipinski definition) is 2. The second-order valence-corrected chi connectivity index (χ2v) is 6.50. The van der Waals surface area contributed by atoms with Crippen LogP contribution in [0.5, 0.6) is 0 Å². The maximum atomic E-state index is 11.8. The summed E-state index contributed by atoms with van der Waals surface area (Å²) in [6, 6.07) is 1.74. The summed E-state index contributed by atoms with van der Waals surface area (Å²) in [5.41, 5.74) is 0.100. The molecule has 1 aromatic rings. The van der Waals surface area contributed by atoms with Crippen LogP contribution in [0.1, 0.15) is 29.9 Å². The molecule has 0 unspecified atom stereocenters. The maximum Gasteiger partial charge on any atom is 0.262 e.